The quantitative estimate of drug-likeness (QED) is 0.0232. The Balaban J connectivity index is 4.49. The molecule has 0 rings (SSSR count). The minimum Gasteiger partial charge on any atom is -0.480 e. The zero-order valence-corrected chi connectivity index (χ0v) is 37.4. The van der Waals surface area contributed by atoms with E-state index >= 15 is 0 Å². The van der Waals surface area contributed by atoms with Crippen molar-refractivity contribution < 1.29 is 47.5 Å². The summed E-state index contributed by atoms with van der Waals surface area (Å²) < 4.78 is 32.7. The molecule has 0 aliphatic heterocycles. The second kappa shape index (κ2) is 41.9. The van der Waals surface area contributed by atoms with Gasteiger partial charge in [0.25, 0.3) is 0 Å². The lowest BCUT2D eigenvalue weighted by Gasteiger charge is -2.20. The molecule has 0 fully saturated rings. The molecule has 0 aromatic rings. The van der Waals surface area contributed by atoms with E-state index in [2.05, 4.69) is 128 Å². The number of phosphoric acid groups is 1. The zero-order chi connectivity index (χ0) is 44.2. The fraction of sp³-hybridized carbons (Fsp3) is 0.562. The number of esters is 2. The van der Waals surface area contributed by atoms with Gasteiger partial charge in [0.1, 0.15) is 12.6 Å². The number of rotatable bonds is 39. The van der Waals surface area contributed by atoms with Crippen molar-refractivity contribution in [3.63, 3.8) is 0 Å². The van der Waals surface area contributed by atoms with Gasteiger partial charge in [0.15, 0.2) is 6.10 Å². The largest absolute Gasteiger partial charge is 0.480 e. The van der Waals surface area contributed by atoms with E-state index in [1.54, 1.807) is 0 Å². The Hall–Kier alpha value is -3.86. The van der Waals surface area contributed by atoms with Crippen molar-refractivity contribution in [2.75, 3.05) is 19.8 Å². The molecule has 0 aliphatic carbocycles. The van der Waals surface area contributed by atoms with Crippen LogP contribution in [0.25, 0.3) is 0 Å². The predicted octanol–water partition coefficient (Wildman–Crippen LogP) is 11.8. The number of nitrogens with two attached hydrogens (primary N) is 1. The summed E-state index contributed by atoms with van der Waals surface area (Å²) >= 11 is 0. The molecule has 0 aromatic carbocycles. The van der Waals surface area contributed by atoms with E-state index in [9.17, 15) is 23.8 Å². The first-order chi connectivity index (χ1) is 29.1. The maximum absolute atomic E-state index is 12.6. The van der Waals surface area contributed by atoms with E-state index in [0.29, 0.717) is 12.8 Å². The number of carboxylic acid groups (broad SMARTS) is 1. The van der Waals surface area contributed by atoms with Crippen LogP contribution in [0.5, 0.6) is 0 Å². The molecule has 0 aromatic heterocycles. The monoisotopic (exact) mass is 858 g/mol. The van der Waals surface area contributed by atoms with Gasteiger partial charge in [-0.3, -0.25) is 23.4 Å². The summed E-state index contributed by atoms with van der Waals surface area (Å²) in [5.41, 5.74) is 5.33. The smallest absolute Gasteiger partial charge is 0.472 e. The van der Waals surface area contributed by atoms with Crippen molar-refractivity contribution in [3.05, 3.63) is 109 Å². The highest BCUT2D eigenvalue weighted by Gasteiger charge is 2.28. The van der Waals surface area contributed by atoms with Gasteiger partial charge in [-0.2, -0.15) is 0 Å². The standard InChI is InChI=1S/C48H76NO10P/c1-3-5-7-9-11-13-15-17-19-21-22-24-25-27-29-31-33-35-37-39-46(50)56-41-44(42-57-60(54,55)58-43-45(49)48(52)53)59-47(51)40-38-36-34-32-30-28-26-23-20-18-16-14-12-10-8-6-4-2/h5-8,11-14,17-20,22,24,26-29,44-45H,3-4,9-10,15-16,21,23,25,30-43,49H2,1-2H3,(H,52,53)(H,54,55)/b7-5-,8-6-,13-11-,14-12-,19-17-,20-18-,24-22-,28-26-,29-27-/t44-,45+/m1/s1. The van der Waals surface area contributed by atoms with Gasteiger partial charge in [-0.15, -0.1) is 0 Å². The Bertz CT molecular complexity index is 1430. The summed E-state index contributed by atoms with van der Waals surface area (Å²) in [6, 6.07) is -1.54. The first-order valence-electron chi connectivity index (χ1n) is 21.9. The Labute approximate surface area is 361 Å². The summed E-state index contributed by atoms with van der Waals surface area (Å²) in [5, 5.41) is 8.89. The fourth-order valence-electron chi connectivity index (χ4n) is 5.14. The molecule has 338 valence electrons. The average molecular weight is 858 g/mol. The molecule has 0 saturated carbocycles. The number of ether oxygens (including phenoxy) is 2. The second-order valence-electron chi connectivity index (χ2n) is 14.1. The Morgan fingerprint density at radius 1 is 0.517 bits per heavy atom. The fourth-order valence-corrected chi connectivity index (χ4v) is 5.92. The van der Waals surface area contributed by atoms with Crippen LogP contribution >= 0.6 is 7.82 Å². The van der Waals surface area contributed by atoms with Crippen molar-refractivity contribution in [1.29, 1.82) is 0 Å². The van der Waals surface area contributed by atoms with Crippen molar-refractivity contribution in [3.8, 4) is 0 Å². The van der Waals surface area contributed by atoms with E-state index in [1.807, 2.05) is 0 Å². The minimum absolute atomic E-state index is 0.118. The van der Waals surface area contributed by atoms with Gasteiger partial charge in [-0.1, -0.05) is 142 Å². The van der Waals surface area contributed by atoms with E-state index < -0.39 is 51.1 Å². The lowest BCUT2D eigenvalue weighted by Crippen LogP contribution is -2.34. The van der Waals surface area contributed by atoms with Gasteiger partial charge in [0.05, 0.1) is 13.2 Å². The highest BCUT2D eigenvalue weighted by atomic mass is 31.2. The first-order valence-corrected chi connectivity index (χ1v) is 23.4. The molecule has 4 N–H and O–H groups in total. The molecular weight excluding hydrogens is 781 g/mol. The Morgan fingerprint density at radius 2 is 0.883 bits per heavy atom. The minimum atomic E-state index is -4.74. The maximum Gasteiger partial charge on any atom is 0.472 e. The molecule has 0 heterocycles. The normalized spacial score (nSPS) is 14.7. The summed E-state index contributed by atoms with van der Waals surface area (Å²) in [6.45, 7) is 2.49. The number of unbranched alkanes of at least 4 members (excludes halogenated alkanes) is 7. The van der Waals surface area contributed by atoms with Crippen LogP contribution in [0.1, 0.15) is 142 Å². The third kappa shape index (κ3) is 40.9. The van der Waals surface area contributed by atoms with Crippen LogP contribution in [0.15, 0.2) is 109 Å². The Kier molecular flexibility index (Phi) is 39.2. The highest BCUT2D eigenvalue weighted by molar-refractivity contribution is 7.47. The zero-order valence-electron chi connectivity index (χ0n) is 36.5. The van der Waals surface area contributed by atoms with E-state index in [0.717, 1.165) is 103 Å². The molecule has 0 bridgehead atoms. The molecule has 0 saturated heterocycles. The van der Waals surface area contributed by atoms with Gasteiger partial charge in [0, 0.05) is 12.8 Å². The van der Waals surface area contributed by atoms with E-state index in [-0.39, 0.29) is 19.4 Å². The van der Waals surface area contributed by atoms with Crippen LogP contribution in [0.2, 0.25) is 0 Å². The van der Waals surface area contributed by atoms with Crippen LogP contribution in [-0.4, -0.2) is 59.9 Å². The van der Waals surface area contributed by atoms with Crippen LogP contribution in [-0.2, 0) is 37.5 Å². The lowest BCUT2D eigenvalue weighted by molar-refractivity contribution is -0.161. The van der Waals surface area contributed by atoms with E-state index in [4.69, 9.17) is 24.8 Å². The maximum atomic E-state index is 12.6. The molecule has 12 heteroatoms. The van der Waals surface area contributed by atoms with Crippen LogP contribution in [0.3, 0.4) is 0 Å². The second-order valence-corrected chi connectivity index (χ2v) is 15.5. The molecule has 0 spiro atoms. The van der Waals surface area contributed by atoms with Gasteiger partial charge in [-0.05, 0) is 96.3 Å². The topological polar surface area (TPSA) is 172 Å². The number of carbonyl (C=O) groups excluding carboxylic acids is 2. The Morgan fingerprint density at radius 3 is 1.32 bits per heavy atom. The van der Waals surface area contributed by atoms with Crippen LogP contribution in [0, 0.1) is 0 Å². The molecule has 0 radical (unpaired) electrons. The summed E-state index contributed by atoms with van der Waals surface area (Å²) in [4.78, 5) is 46.0. The number of aliphatic carboxylic acids is 1. The predicted molar refractivity (Wildman–Crippen MR) is 244 cm³/mol. The van der Waals surface area contributed by atoms with E-state index in [1.165, 1.54) is 0 Å². The summed E-state index contributed by atoms with van der Waals surface area (Å²) in [5.74, 6) is -2.47. The van der Waals surface area contributed by atoms with Crippen molar-refractivity contribution in [2.24, 2.45) is 5.73 Å². The van der Waals surface area contributed by atoms with Crippen molar-refractivity contribution >= 4 is 25.7 Å². The highest BCUT2D eigenvalue weighted by Crippen LogP contribution is 2.43. The summed E-state index contributed by atoms with van der Waals surface area (Å²) in [7, 11) is -4.74. The van der Waals surface area contributed by atoms with Crippen LogP contribution < -0.4 is 5.73 Å². The average Bonchev–Trinajstić information content (AvgIpc) is 3.22. The van der Waals surface area contributed by atoms with Crippen molar-refractivity contribution in [1.82, 2.24) is 0 Å². The third-order valence-electron chi connectivity index (χ3n) is 8.52. The third-order valence-corrected chi connectivity index (χ3v) is 9.47. The molecule has 3 atom stereocenters. The van der Waals surface area contributed by atoms with Gasteiger partial charge in [0.2, 0.25) is 0 Å². The SMILES string of the molecule is CC/C=C\C/C=C\C/C=C\C/C=C\C/C=C\CCCCCC(=O)OC[C@H](COP(=O)(O)OC[C@H](N)C(=O)O)OC(=O)CCCCCC/C=C\C/C=C\C/C=C\C/C=C\CC. The molecule has 0 amide bonds. The number of hydrogen-bond acceptors (Lipinski definition) is 9. The molecular formula is C48H76NO10P. The molecule has 0 aliphatic rings. The molecule has 1 unspecified atom stereocenters. The van der Waals surface area contributed by atoms with Crippen molar-refractivity contribution in [2.45, 2.75) is 154 Å². The summed E-state index contributed by atoms with van der Waals surface area (Å²) in [6.07, 6.45) is 54.4. The van der Waals surface area contributed by atoms with Gasteiger partial charge in [-0.25, -0.2) is 4.57 Å². The lowest BCUT2D eigenvalue weighted by atomic mass is 10.1. The molecule has 11 nitrogen and oxygen atoms in total. The number of phosphoric ester groups is 1. The number of carboxylic acids is 1. The van der Waals surface area contributed by atoms with Gasteiger partial charge >= 0.3 is 25.7 Å². The van der Waals surface area contributed by atoms with Gasteiger partial charge < -0.3 is 25.2 Å². The number of carbonyl (C=O) groups is 3. The first kappa shape index (κ1) is 56.1. The van der Waals surface area contributed by atoms with Crippen LogP contribution in [0.4, 0.5) is 0 Å². The number of hydrogen-bond donors (Lipinski definition) is 3. The number of allylic oxidation sites excluding steroid dienone is 18. The molecule has 60 heavy (non-hydrogen) atoms.